The molecule has 1 aromatic heterocycles. The third kappa shape index (κ3) is 2.69. The number of rotatable bonds is 4. The molecule has 0 amide bonds. The van der Waals surface area contributed by atoms with Crippen LogP contribution in [0, 0.1) is 0 Å². The summed E-state index contributed by atoms with van der Waals surface area (Å²) < 4.78 is 8.57. The maximum atomic E-state index is 5.61. The van der Waals surface area contributed by atoms with Crippen LogP contribution in [0.2, 0.25) is 0 Å². The Labute approximate surface area is 110 Å². The number of ether oxygens (including phenoxy) is 1. The van der Waals surface area contributed by atoms with Gasteiger partial charge in [0.1, 0.15) is 11.6 Å². The van der Waals surface area contributed by atoms with Gasteiger partial charge in [0.05, 0.1) is 11.1 Å². The van der Waals surface area contributed by atoms with Crippen molar-refractivity contribution < 1.29 is 4.74 Å². The normalized spacial score (nSPS) is 10.5. The van der Waals surface area contributed by atoms with Crippen LogP contribution < -0.4 is 4.74 Å². The average molecular weight is 295 g/mol. The van der Waals surface area contributed by atoms with Gasteiger partial charge in [0, 0.05) is 25.0 Å². The summed E-state index contributed by atoms with van der Waals surface area (Å²) in [5.41, 5.74) is 1.08. The van der Waals surface area contributed by atoms with Gasteiger partial charge in [0.15, 0.2) is 0 Å². The second kappa shape index (κ2) is 5.36. The Morgan fingerprint density at radius 3 is 2.82 bits per heavy atom. The van der Waals surface area contributed by atoms with E-state index in [1.807, 2.05) is 36.0 Å². The summed E-state index contributed by atoms with van der Waals surface area (Å²) in [7, 11) is 1.98. The lowest BCUT2D eigenvalue weighted by Gasteiger charge is -2.08. The van der Waals surface area contributed by atoms with Crippen LogP contribution in [0.25, 0.3) is 11.4 Å². The first kappa shape index (κ1) is 12.2. The molecule has 17 heavy (non-hydrogen) atoms. The summed E-state index contributed by atoms with van der Waals surface area (Å²) in [6, 6.07) is 6.04. The zero-order valence-electron chi connectivity index (χ0n) is 9.98. The van der Waals surface area contributed by atoms with Crippen LogP contribution in [0.1, 0.15) is 13.3 Å². The predicted octanol–water partition coefficient (Wildman–Crippen LogP) is 3.64. The number of benzene rings is 1. The molecule has 2 rings (SSSR count). The second-order valence-electron chi connectivity index (χ2n) is 3.86. The fraction of sp³-hybridized carbons (Fsp3) is 0.308. The summed E-state index contributed by atoms with van der Waals surface area (Å²) in [5.74, 6) is 1.83. The van der Waals surface area contributed by atoms with Gasteiger partial charge in [-0.05, 0) is 40.5 Å². The van der Waals surface area contributed by atoms with Crippen LogP contribution in [0.15, 0.2) is 35.1 Å². The molecule has 0 aliphatic rings. The number of hydrogen-bond donors (Lipinski definition) is 0. The molecule has 1 heterocycles. The molecular formula is C13H15BrN2O. The molecule has 0 bridgehead atoms. The highest BCUT2D eigenvalue weighted by Crippen LogP contribution is 2.29. The lowest BCUT2D eigenvalue weighted by atomic mass is 10.2. The molecule has 0 N–H and O–H groups in total. The Balaban J connectivity index is 2.28. The number of aromatic nitrogens is 2. The molecule has 90 valence electrons. The Kier molecular flexibility index (Phi) is 3.84. The minimum Gasteiger partial charge on any atom is -0.492 e. The van der Waals surface area contributed by atoms with Crippen LogP contribution in [0.3, 0.4) is 0 Å². The third-order valence-corrected chi connectivity index (χ3v) is 3.09. The predicted molar refractivity (Wildman–Crippen MR) is 72.1 cm³/mol. The van der Waals surface area contributed by atoms with Crippen LogP contribution >= 0.6 is 15.9 Å². The standard InChI is InChI=1S/C13H15BrN2O/c1-3-8-17-12-5-4-10(9-11(12)14)13-15-6-7-16(13)2/h4-7,9H,3,8H2,1-2H3. The maximum absolute atomic E-state index is 5.61. The molecule has 0 spiro atoms. The highest BCUT2D eigenvalue weighted by molar-refractivity contribution is 9.10. The third-order valence-electron chi connectivity index (χ3n) is 2.47. The van der Waals surface area contributed by atoms with E-state index in [0.29, 0.717) is 0 Å². The van der Waals surface area contributed by atoms with E-state index in [9.17, 15) is 0 Å². The lowest BCUT2D eigenvalue weighted by Crippen LogP contribution is -1.96. The van der Waals surface area contributed by atoms with E-state index in [1.165, 1.54) is 0 Å². The van der Waals surface area contributed by atoms with Gasteiger partial charge in [-0.2, -0.15) is 0 Å². The van der Waals surface area contributed by atoms with Crippen molar-refractivity contribution in [3.05, 3.63) is 35.1 Å². The lowest BCUT2D eigenvalue weighted by molar-refractivity contribution is 0.315. The molecule has 0 saturated carbocycles. The Morgan fingerprint density at radius 2 is 2.24 bits per heavy atom. The summed E-state index contributed by atoms with van der Waals surface area (Å²) in [6.45, 7) is 2.83. The van der Waals surface area contributed by atoms with E-state index < -0.39 is 0 Å². The monoisotopic (exact) mass is 294 g/mol. The van der Waals surface area contributed by atoms with Crippen molar-refractivity contribution in [2.24, 2.45) is 7.05 Å². The molecular weight excluding hydrogens is 280 g/mol. The average Bonchev–Trinajstić information content (AvgIpc) is 2.74. The molecule has 4 heteroatoms. The minimum absolute atomic E-state index is 0.736. The van der Waals surface area contributed by atoms with E-state index in [0.717, 1.165) is 34.6 Å². The number of aryl methyl sites for hydroxylation is 1. The van der Waals surface area contributed by atoms with Crippen LogP contribution in [0.5, 0.6) is 5.75 Å². The smallest absolute Gasteiger partial charge is 0.139 e. The van der Waals surface area contributed by atoms with Gasteiger partial charge < -0.3 is 9.30 Å². The highest BCUT2D eigenvalue weighted by Gasteiger charge is 2.07. The van der Waals surface area contributed by atoms with E-state index in [1.54, 1.807) is 6.20 Å². The van der Waals surface area contributed by atoms with E-state index >= 15 is 0 Å². The molecule has 1 aromatic carbocycles. The van der Waals surface area contributed by atoms with Crippen molar-refractivity contribution >= 4 is 15.9 Å². The molecule has 0 atom stereocenters. The Hall–Kier alpha value is -1.29. The van der Waals surface area contributed by atoms with Gasteiger partial charge >= 0.3 is 0 Å². The first-order valence-electron chi connectivity index (χ1n) is 5.62. The van der Waals surface area contributed by atoms with Gasteiger partial charge in [0.2, 0.25) is 0 Å². The van der Waals surface area contributed by atoms with Crippen LogP contribution in [0.4, 0.5) is 0 Å². The van der Waals surface area contributed by atoms with Crippen molar-refractivity contribution in [2.45, 2.75) is 13.3 Å². The molecule has 3 nitrogen and oxygen atoms in total. The van der Waals surface area contributed by atoms with Crippen molar-refractivity contribution in [2.75, 3.05) is 6.61 Å². The Bertz CT molecular complexity index is 508. The van der Waals surface area contributed by atoms with Gasteiger partial charge in [-0.15, -0.1) is 0 Å². The molecule has 0 unspecified atom stereocenters. The second-order valence-corrected chi connectivity index (χ2v) is 4.71. The highest BCUT2D eigenvalue weighted by atomic mass is 79.9. The summed E-state index contributed by atoms with van der Waals surface area (Å²) in [6.07, 6.45) is 4.74. The summed E-state index contributed by atoms with van der Waals surface area (Å²) in [5, 5.41) is 0. The van der Waals surface area contributed by atoms with E-state index in [4.69, 9.17) is 4.74 Å². The van der Waals surface area contributed by atoms with E-state index in [2.05, 4.69) is 27.8 Å². The molecule has 0 aliphatic carbocycles. The topological polar surface area (TPSA) is 27.1 Å². The fourth-order valence-electron chi connectivity index (χ4n) is 1.61. The number of halogens is 1. The summed E-state index contributed by atoms with van der Waals surface area (Å²) >= 11 is 3.53. The summed E-state index contributed by atoms with van der Waals surface area (Å²) in [4.78, 5) is 4.32. The zero-order chi connectivity index (χ0) is 12.3. The maximum Gasteiger partial charge on any atom is 0.139 e. The quantitative estimate of drug-likeness (QED) is 0.861. The van der Waals surface area contributed by atoms with E-state index in [-0.39, 0.29) is 0 Å². The van der Waals surface area contributed by atoms with Crippen molar-refractivity contribution in [1.82, 2.24) is 9.55 Å². The zero-order valence-corrected chi connectivity index (χ0v) is 11.6. The molecule has 0 aliphatic heterocycles. The Morgan fingerprint density at radius 1 is 1.41 bits per heavy atom. The number of imidazole rings is 1. The molecule has 2 aromatic rings. The van der Waals surface area contributed by atoms with Gasteiger partial charge in [-0.1, -0.05) is 6.92 Å². The van der Waals surface area contributed by atoms with Crippen LogP contribution in [-0.2, 0) is 7.05 Å². The largest absolute Gasteiger partial charge is 0.492 e. The minimum atomic E-state index is 0.736. The van der Waals surface area contributed by atoms with Crippen molar-refractivity contribution in [3.8, 4) is 17.1 Å². The molecule has 0 saturated heterocycles. The molecule has 0 radical (unpaired) electrons. The first-order chi connectivity index (χ1) is 8.22. The SMILES string of the molecule is CCCOc1ccc(-c2nccn2C)cc1Br. The molecule has 0 fully saturated rings. The van der Waals surface area contributed by atoms with Gasteiger partial charge in [-0.3, -0.25) is 0 Å². The van der Waals surface area contributed by atoms with Crippen molar-refractivity contribution in [1.29, 1.82) is 0 Å². The van der Waals surface area contributed by atoms with Gasteiger partial charge in [-0.25, -0.2) is 4.98 Å². The number of nitrogens with zero attached hydrogens (tertiary/aromatic N) is 2. The fourth-order valence-corrected chi connectivity index (χ4v) is 2.11. The van der Waals surface area contributed by atoms with Crippen LogP contribution in [-0.4, -0.2) is 16.2 Å². The van der Waals surface area contributed by atoms with Crippen molar-refractivity contribution in [3.63, 3.8) is 0 Å². The number of hydrogen-bond acceptors (Lipinski definition) is 2. The van der Waals surface area contributed by atoms with Gasteiger partial charge in [0.25, 0.3) is 0 Å². The first-order valence-corrected chi connectivity index (χ1v) is 6.41.